The Bertz CT molecular complexity index is 6210. The van der Waals surface area contributed by atoms with E-state index in [4.69, 9.17) is 57.3 Å². The lowest BCUT2D eigenvalue weighted by molar-refractivity contribution is -0.131. The lowest BCUT2D eigenvalue weighted by atomic mass is 9.83. The van der Waals surface area contributed by atoms with Gasteiger partial charge in [0.25, 0.3) is 16.7 Å². The molecule has 33 N–H and O–H groups in total. The van der Waals surface area contributed by atoms with Crippen molar-refractivity contribution in [3.05, 3.63) is 118 Å². The van der Waals surface area contributed by atoms with Gasteiger partial charge in [-0.1, -0.05) is 38.5 Å². The molecule has 0 radical (unpaired) electrons. The van der Waals surface area contributed by atoms with Gasteiger partial charge in [0.1, 0.15) is 17.5 Å². The monoisotopic (exact) mass is 1910 g/mol. The van der Waals surface area contributed by atoms with E-state index in [2.05, 4.69) is 113 Å². The molecule has 0 aliphatic heterocycles. The summed E-state index contributed by atoms with van der Waals surface area (Å²) in [6.45, 7) is -1.23. The largest absolute Gasteiger partial charge is 0.383 e. The van der Waals surface area contributed by atoms with E-state index in [1.807, 2.05) is 0 Å². The summed E-state index contributed by atoms with van der Waals surface area (Å²) < 4.78 is 7.48. The molecule has 55 heteroatoms. The van der Waals surface area contributed by atoms with Crippen LogP contribution in [0.4, 0.5) is 35.3 Å². The summed E-state index contributed by atoms with van der Waals surface area (Å²) in [6.07, 6.45) is 9.97. The van der Waals surface area contributed by atoms with Gasteiger partial charge in [0.05, 0.1) is 67.1 Å². The fraction of sp³-hybridized carbons (Fsp3) is 0.537. The molecule has 11 amide bonds. The topological polar surface area (TPSA) is 864 Å². The number of anilines is 6. The molecular weight excluding hydrogens is 1790 g/mol. The smallest absolute Gasteiger partial charge is 0.349 e. The molecule has 137 heavy (non-hydrogen) atoms. The van der Waals surface area contributed by atoms with Gasteiger partial charge in [-0.3, -0.25) is 95.8 Å². The van der Waals surface area contributed by atoms with Gasteiger partial charge >= 0.3 is 17.1 Å². The number of nitrogens with two attached hydrogens (primary N) is 10. The average Bonchev–Trinajstić information content (AvgIpc) is 1.67. The van der Waals surface area contributed by atoms with Gasteiger partial charge in [0, 0.05) is 146 Å². The van der Waals surface area contributed by atoms with E-state index in [9.17, 15) is 67.1 Å². The van der Waals surface area contributed by atoms with Crippen LogP contribution in [0.5, 0.6) is 0 Å². The molecule has 0 aromatic carbocycles. The SMILES string of the molecule is NCCCC[C@@H](N)CC(=O)N[C@@H](CC(=O)N[C@@H](CC(=O)N[C@@H]1CCCC[C@H]1C(=O)N[C@@H](CC(=O)N[C@@H](CC(=O)N[C@@H]1CCCC[C@H]1C(=O)N[C@@H](CC(=O)N[C@@H](CC(=O)N[C@H](CCCCN)CC(=O)NCCC(N)=O)Cn1ccc(N)nc1=O)Cn1cnc2c(=O)[nH]c(N)nc21)Cn1cnc2c(=O)[nH]c(N)nc21)Cn1ccc(N)nc1=O)Cn1ccc(N)nc1=O)Cn1cnc2c(=O)[nH]c(N)nc21. The van der Waals surface area contributed by atoms with Crippen molar-refractivity contribution in [3.8, 4) is 0 Å². The van der Waals surface area contributed by atoms with Crippen LogP contribution in [0.15, 0.2) is 84.5 Å². The number of imidazole rings is 3. The van der Waals surface area contributed by atoms with E-state index in [-0.39, 0.29) is 153 Å². The van der Waals surface area contributed by atoms with Gasteiger partial charge < -0.3 is 124 Å². The van der Waals surface area contributed by atoms with Crippen LogP contribution in [0, 0.1) is 11.8 Å². The number of aromatic amines is 3. The minimum absolute atomic E-state index is 0.0305. The first kappa shape index (κ1) is 102. The normalized spacial score (nSPS) is 16.6. The van der Waals surface area contributed by atoms with Crippen molar-refractivity contribution in [1.82, 2.24) is 140 Å². The van der Waals surface area contributed by atoms with Gasteiger partial charge in [-0.05, 0) is 82.7 Å². The molecule has 9 aromatic heterocycles. The Kier molecular flexibility index (Phi) is 36.1. The number of fused-ring (bicyclic) bond motifs is 3. The molecule has 2 fully saturated rings. The number of primary amides is 1. The lowest BCUT2D eigenvalue weighted by Gasteiger charge is -2.33. The van der Waals surface area contributed by atoms with Crippen LogP contribution in [0.25, 0.3) is 33.5 Å². The van der Waals surface area contributed by atoms with E-state index in [0.717, 1.165) is 13.7 Å². The first-order valence-electron chi connectivity index (χ1n) is 45.0. The number of amides is 11. The Hall–Kier alpha value is -15.5. The van der Waals surface area contributed by atoms with E-state index < -0.39 is 216 Å². The number of rotatable bonds is 50. The molecule has 9 heterocycles. The van der Waals surface area contributed by atoms with Crippen LogP contribution in [-0.2, 0) is 92.0 Å². The quantitative estimate of drug-likeness (QED) is 0.0157. The highest BCUT2D eigenvalue weighted by Gasteiger charge is 2.38. The molecular formula is C82H118N38O17. The maximum Gasteiger partial charge on any atom is 0.349 e. The zero-order valence-corrected chi connectivity index (χ0v) is 75.2. The summed E-state index contributed by atoms with van der Waals surface area (Å²) in [5, 5.41) is 28.6. The maximum atomic E-state index is 15.2. The Labute approximate surface area is 778 Å². The molecule has 12 atom stereocenters. The molecule has 738 valence electrons. The van der Waals surface area contributed by atoms with E-state index in [0.29, 0.717) is 77.3 Å². The summed E-state index contributed by atoms with van der Waals surface area (Å²) in [5.74, 6) is -10.6. The van der Waals surface area contributed by atoms with E-state index in [1.165, 1.54) is 69.5 Å². The zero-order valence-electron chi connectivity index (χ0n) is 75.2. The number of nitrogen functional groups attached to an aromatic ring is 6. The van der Waals surface area contributed by atoms with Gasteiger partial charge in [-0.2, -0.15) is 29.9 Å². The number of unbranched alkanes of at least 4 members (excludes halogenated alkanes) is 2. The first-order chi connectivity index (χ1) is 65.5. The summed E-state index contributed by atoms with van der Waals surface area (Å²) >= 11 is 0. The molecule has 11 rings (SSSR count). The number of carbonyl (C=O) groups is 11. The third kappa shape index (κ3) is 30.3. The lowest BCUT2D eigenvalue weighted by Crippen LogP contribution is -2.54. The van der Waals surface area contributed by atoms with Crippen molar-refractivity contribution in [2.75, 3.05) is 54.0 Å². The molecule has 9 aromatic rings. The van der Waals surface area contributed by atoms with Crippen molar-refractivity contribution < 1.29 is 52.7 Å². The van der Waals surface area contributed by atoms with Gasteiger partial charge in [-0.15, -0.1) is 0 Å². The molecule has 0 unspecified atom stereocenters. The number of hydrogen-bond acceptors (Lipinski definition) is 35. The molecule has 0 bridgehead atoms. The predicted octanol–water partition coefficient (Wildman–Crippen LogP) is -7.91. The third-order valence-electron chi connectivity index (χ3n) is 23.3. The highest BCUT2D eigenvalue weighted by molar-refractivity contribution is 5.87. The average molecular weight is 1910 g/mol. The van der Waals surface area contributed by atoms with Gasteiger partial charge in [-0.25, -0.2) is 29.3 Å². The minimum atomic E-state index is -1.28. The number of nitrogens with zero attached hydrogens (tertiary/aromatic N) is 15. The second-order valence-corrected chi connectivity index (χ2v) is 34.3. The standard InChI is InChI=1S/C82H118N38O17/c83-19-7-5-9-42(85)25-59(123)98-46(36-118-39-94-66-69(118)109-77(90)112-74(66)132)28-61(125)100-45(34-116-23-17-55(87)107-81(116)136)29-64(128)104-52-13-3-1-11-50(52)72(130)102-48(35-117-24-18-56(88)108-82(117)137)31-62(126)101-47(37-119-40-95-67-70(119)110-78(91)113-75(67)133)30-65(129)105-53-14-4-2-12-51(53)73(131)103-49(38-120-41-96-68-71(120)111-79(92)114-76(68)134)32-63(127)99-44(33-115-22-16-54(86)106-80(115)135)27-60(124)97-43(10-6-8-20-84)26-58(122)93-21-15-57(89)121/h16-18,22-24,39-53H,1-15,19-21,25-38,83-85H2,(H2,89,121)(H,93,122)(H,97,124)(H,98,123)(H,99,127)(H,100,125)(H,101,126)(H,102,130)(H,103,131)(H,104,128)(H,105,129)(H2,86,106,135)(H2,87,107,136)(H2,88,108,137)(H3,90,109,112,132)(H3,91,110,113,133)(H3,92,111,114,134)/t42-,43-,44+,45+,46+,47+,48+,49+,50-,51-,52-,53-/m1/s1. The van der Waals surface area contributed by atoms with Crippen molar-refractivity contribution >= 4 is 134 Å². The number of carbonyl (C=O) groups excluding carboxylic acids is 11. The molecule has 2 aliphatic rings. The molecule has 55 nitrogen and oxygen atoms in total. The summed E-state index contributed by atoms with van der Waals surface area (Å²) in [5.41, 5.74) is 53.5. The van der Waals surface area contributed by atoms with E-state index in [1.54, 1.807) is 0 Å². The highest BCUT2D eigenvalue weighted by atomic mass is 16.2. The van der Waals surface area contributed by atoms with Gasteiger partial charge in [0.15, 0.2) is 33.5 Å². The highest BCUT2D eigenvalue weighted by Crippen LogP contribution is 2.28. The second-order valence-electron chi connectivity index (χ2n) is 34.3. The second kappa shape index (κ2) is 48.5. The van der Waals surface area contributed by atoms with Crippen LogP contribution in [0.2, 0.25) is 0 Å². The van der Waals surface area contributed by atoms with Crippen molar-refractivity contribution in [2.24, 2.45) is 34.8 Å². The van der Waals surface area contributed by atoms with Crippen LogP contribution >= 0.6 is 0 Å². The maximum absolute atomic E-state index is 15.2. The fourth-order valence-corrected chi connectivity index (χ4v) is 16.9. The molecule has 0 spiro atoms. The van der Waals surface area contributed by atoms with Crippen LogP contribution < -0.4 is 144 Å². The Balaban J connectivity index is 0.804. The fourth-order valence-electron chi connectivity index (χ4n) is 16.9. The number of hydrogen-bond donors (Lipinski definition) is 23. The summed E-state index contributed by atoms with van der Waals surface area (Å²) in [4.78, 5) is 279. The van der Waals surface area contributed by atoms with Gasteiger partial charge in [0.2, 0.25) is 82.8 Å². The van der Waals surface area contributed by atoms with Crippen LogP contribution in [-0.4, -0.2) is 232 Å². The summed E-state index contributed by atoms with van der Waals surface area (Å²) in [7, 11) is 0. The third-order valence-corrected chi connectivity index (χ3v) is 23.3. The number of H-pyrrole nitrogens is 3. The minimum Gasteiger partial charge on any atom is -0.383 e. The van der Waals surface area contributed by atoms with E-state index >= 15 is 14.4 Å². The van der Waals surface area contributed by atoms with Crippen LogP contribution in [0.3, 0.4) is 0 Å². The molecule has 2 aliphatic carbocycles. The number of nitrogens with one attached hydrogen (secondary N) is 13. The van der Waals surface area contributed by atoms with Crippen molar-refractivity contribution in [3.63, 3.8) is 0 Å². The Morgan fingerprint density at radius 2 is 0.679 bits per heavy atom. The molecule has 2 saturated carbocycles. The van der Waals surface area contributed by atoms with Crippen molar-refractivity contribution in [2.45, 2.75) is 247 Å². The first-order valence-corrected chi connectivity index (χ1v) is 45.0. The van der Waals surface area contributed by atoms with Crippen LogP contribution in [0.1, 0.15) is 148 Å². The Morgan fingerprint density at radius 1 is 0.372 bits per heavy atom. The van der Waals surface area contributed by atoms with Crippen molar-refractivity contribution in [1.29, 1.82) is 0 Å². The predicted molar refractivity (Wildman–Crippen MR) is 495 cm³/mol. The molecule has 0 saturated heterocycles. The summed E-state index contributed by atoms with van der Waals surface area (Å²) in [6, 6.07) is -6.41. The zero-order chi connectivity index (χ0) is 98.7. The number of aromatic nitrogens is 18. The Morgan fingerprint density at radius 3 is 1.02 bits per heavy atom.